The zero-order valence-electron chi connectivity index (χ0n) is 9.42. The molecule has 0 unspecified atom stereocenters. The van der Waals surface area contributed by atoms with Crippen molar-refractivity contribution in [1.29, 1.82) is 0 Å². The van der Waals surface area contributed by atoms with E-state index in [1.165, 1.54) is 18.0 Å². The smallest absolute Gasteiger partial charge is 0.338 e. The maximum atomic E-state index is 10.6. The Morgan fingerprint density at radius 3 is 2.29 bits per heavy atom. The van der Waals surface area contributed by atoms with Crippen LogP contribution in [-0.4, -0.2) is 21.0 Å². The van der Waals surface area contributed by atoms with Gasteiger partial charge in [0.25, 0.3) is 0 Å². The van der Waals surface area contributed by atoms with Crippen LogP contribution in [0.2, 0.25) is 0 Å². The van der Waals surface area contributed by atoms with Crippen LogP contribution in [0.15, 0.2) is 36.7 Å². The van der Waals surface area contributed by atoms with Crippen molar-refractivity contribution in [3.8, 4) is 0 Å². The van der Waals surface area contributed by atoms with Crippen molar-refractivity contribution < 1.29 is 9.90 Å². The minimum Gasteiger partial charge on any atom is -0.478 e. The van der Waals surface area contributed by atoms with E-state index >= 15 is 0 Å². The fraction of sp³-hybridized carbons (Fsp3) is 0.154. The van der Waals surface area contributed by atoms with Gasteiger partial charge in [0.2, 0.25) is 0 Å². The molecule has 0 fully saturated rings. The predicted molar refractivity (Wildman–Crippen MR) is 63.0 cm³/mol. The van der Waals surface area contributed by atoms with Crippen LogP contribution in [0.25, 0.3) is 0 Å². The first-order valence-electron chi connectivity index (χ1n) is 5.25. The Hall–Kier alpha value is -2.23. The first-order chi connectivity index (χ1) is 8.15. The van der Waals surface area contributed by atoms with E-state index in [0.29, 0.717) is 12.2 Å². The lowest BCUT2D eigenvalue weighted by Gasteiger charge is -2.01. The van der Waals surface area contributed by atoms with Gasteiger partial charge in [-0.3, -0.25) is 0 Å². The van der Waals surface area contributed by atoms with E-state index in [2.05, 4.69) is 9.97 Å². The molecule has 0 aliphatic rings. The van der Waals surface area contributed by atoms with E-state index in [-0.39, 0.29) is 5.56 Å². The molecule has 0 amide bonds. The summed E-state index contributed by atoms with van der Waals surface area (Å²) in [5, 5.41) is 8.72. The van der Waals surface area contributed by atoms with Gasteiger partial charge in [0.15, 0.2) is 0 Å². The zero-order chi connectivity index (χ0) is 12.3. The Labute approximate surface area is 99.0 Å². The number of rotatable bonds is 3. The van der Waals surface area contributed by atoms with Crippen molar-refractivity contribution in [2.45, 2.75) is 13.3 Å². The van der Waals surface area contributed by atoms with E-state index in [1.807, 2.05) is 31.2 Å². The average molecular weight is 228 g/mol. The van der Waals surface area contributed by atoms with Gasteiger partial charge < -0.3 is 5.11 Å². The molecule has 0 saturated heterocycles. The lowest BCUT2D eigenvalue weighted by Crippen LogP contribution is -2.02. The van der Waals surface area contributed by atoms with Crippen molar-refractivity contribution in [2.24, 2.45) is 0 Å². The van der Waals surface area contributed by atoms with Crippen LogP contribution in [0.1, 0.15) is 27.3 Å². The van der Waals surface area contributed by atoms with Gasteiger partial charge in [-0.1, -0.05) is 29.8 Å². The number of hydrogen-bond donors (Lipinski definition) is 1. The Bertz CT molecular complexity index is 518. The molecule has 0 aliphatic heterocycles. The molecule has 0 saturated carbocycles. The summed E-state index contributed by atoms with van der Waals surface area (Å²) in [5.41, 5.74) is 2.42. The monoisotopic (exact) mass is 228 g/mol. The van der Waals surface area contributed by atoms with Crippen molar-refractivity contribution >= 4 is 5.97 Å². The largest absolute Gasteiger partial charge is 0.478 e. The van der Waals surface area contributed by atoms with Gasteiger partial charge in [0, 0.05) is 18.8 Å². The van der Waals surface area contributed by atoms with E-state index in [0.717, 1.165) is 5.56 Å². The third-order valence-corrected chi connectivity index (χ3v) is 2.44. The second-order valence-electron chi connectivity index (χ2n) is 3.86. The maximum Gasteiger partial charge on any atom is 0.338 e. The fourth-order valence-electron chi connectivity index (χ4n) is 1.45. The first-order valence-corrected chi connectivity index (χ1v) is 5.25. The van der Waals surface area contributed by atoms with Gasteiger partial charge in [-0.2, -0.15) is 0 Å². The van der Waals surface area contributed by atoms with Crippen molar-refractivity contribution in [3.05, 3.63) is 59.2 Å². The van der Waals surface area contributed by atoms with Gasteiger partial charge in [0.1, 0.15) is 5.82 Å². The molecule has 86 valence electrons. The second kappa shape index (κ2) is 4.74. The van der Waals surface area contributed by atoms with Crippen molar-refractivity contribution in [1.82, 2.24) is 9.97 Å². The number of aryl methyl sites for hydroxylation is 1. The summed E-state index contributed by atoms with van der Waals surface area (Å²) in [7, 11) is 0. The van der Waals surface area contributed by atoms with E-state index in [4.69, 9.17) is 5.11 Å². The molecule has 0 bridgehead atoms. The van der Waals surface area contributed by atoms with Crippen LogP contribution in [0, 0.1) is 6.92 Å². The summed E-state index contributed by atoms with van der Waals surface area (Å²) < 4.78 is 0. The molecule has 0 spiro atoms. The van der Waals surface area contributed by atoms with Gasteiger partial charge in [-0.15, -0.1) is 0 Å². The Balaban J connectivity index is 2.13. The summed E-state index contributed by atoms with van der Waals surface area (Å²) in [4.78, 5) is 18.7. The molecule has 1 heterocycles. The van der Waals surface area contributed by atoms with Crippen LogP contribution < -0.4 is 0 Å². The quantitative estimate of drug-likeness (QED) is 0.873. The summed E-state index contributed by atoms with van der Waals surface area (Å²) in [6.45, 7) is 2.03. The normalized spacial score (nSPS) is 10.2. The van der Waals surface area contributed by atoms with E-state index in [1.54, 1.807) is 0 Å². The molecular weight excluding hydrogens is 216 g/mol. The van der Waals surface area contributed by atoms with E-state index < -0.39 is 5.97 Å². The number of carboxylic acids is 1. The molecule has 1 N–H and O–H groups in total. The third-order valence-electron chi connectivity index (χ3n) is 2.44. The highest BCUT2D eigenvalue weighted by atomic mass is 16.4. The number of carboxylic acid groups (broad SMARTS) is 1. The summed E-state index contributed by atoms with van der Waals surface area (Å²) in [5.74, 6) is -0.384. The molecule has 2 rings (SSSR count). The number of benzene rings is 1. The van der Waals surface area contributed by atoms with Crippen LogP contribution >= 0.6 is 0 Å². The minimum absolute atomic E-state index is 0.109. The molecule has 0 radical (unpaired) electrons. The van der Waals surface area contributed by atoms with Crippen LogP contribution in [0.5, 0.6) is 0 Å². The lowest BCUT2D eigenvalue weighted by molar-refractivity contribution is 0.0696. The van der Waals surface area contributed by atoms with Gasteiger partial charge >= 0.3 is 5.97 Å². The molecule has 0 aliphatic carbocycles. The van der Waals surface area contributed by atoms with Crippen LogP contribution in [0.4, 0.5) is 0 Å². The number of hydrogen-bond acceptors (Lipinski definition) is 3. The fourth-order valence-corrected chi connectivity index (χ4v) is 1.45. The molecular formula is C13H12N2O2. The standard InChI is InChI=1S/C13H12N2O2/c1-9-2-4-10(5-3-9)6-12-14-7-11(8-15-12)13(16)17/h2-5,7-8H,6H2,1H3,(H,16,17). The van der Waals surface area contributed by atoms with Gasteiger partial charge in [-0.25, -0.2) is 14.8 Å². The Morgan fingerprint density at radius 1 is 1.18 bits per heavy atom. The van der Waals surface area contributed by atoms with Crippen LogP contribution in [0.3, 0.4) is 0 Å². The lowest BCUT2D eigenvalue weighted by atomic mass is 10.1. The molecule has 4 heteroatoms. The molecule has 4 nitrogen and oxygen atoms in total. The highest BCUT2D eigenvalue weighted by Crippen LogP contribution is 2.07. The third kappa shape index (κ3) is 2.87. The summed E-state index contributed by atoms with van der Waals surface area (Å²) in [6, 6.07) is 8.09. The predicted octanol–water partition coefficient (Wildman–Crippen LogP) is 2.07. The van der Waals surface area contributed by atoms with Crippen LogP contribution in [-0.2, 0) is 6.42 Å². The minimum atomic E-state index is -1.01. The maximum absolute atomic E-state index is 10.6. The zero-order valence-corrected chi connectivity index (χ0v) is 9.42. The molecule has 17 heavy (non-hydrogen) atoms. The molecule has 1 aromatic heterocycles. The van der Waals surface area contributed by atoms with Crippen molar-refractivity contribution in [2.75, 3.05) is 0 Å². The Morgan fingerprint density at radius 2 is 1.76 bits per heavy atom. The number of aromatic nitrogens is 2. The Kier molecular flexibility index (Phi) is 3.14. The SMILES string of the molecule is Cc1ccc(Cc2ncc(C(=O)O)cn2)cc1. The second-order valence-corrected chi connectivity index (χ2v) is 3.86. The highest BCUT2D eigenvalue weighted by molar-refractivity contribution is 5.86. The van der Waals surface area contributed by atoms with Crippen molar-refractivity contribution in [3.63, 3.8) is 0 Å². The first kappa shape index (κ1) is 11.3. The highest BCUT2D eigenvalue weighted by Gasteiger charge is 2.04. The number of nitrogens with zero attached hydrogens (tertiary/aromatic N) is 2. The number of carbonyl (C=O) groups is 1. The molecule has 2 aromatic rings. The van der Waals surface area contributed by atoms with Gasteiger partial charge in [0.05, 0.1) is 5.56 Å². The molecule has 0 atom stereocenters. The van der Waals surface area contributed by atoms with Gasteiger partial charge in [-0.05, 0) is 12.5 Å². The molecule has 1 aromatic carbocycles. The summed E-state index contributed by atoms with van der Waals surface area (Å²) >= 11 is 0. The summed E-state index contributed by atoms with van der Waals surface area (Å²) in [6.07, 6.45) is 3.28. The average Bonchev–Trinajstić information content (AvgIpc) is 2.33. The number of aromatic carboxylic acids is 1. The topological polar surface area (TPSA) is 63.1 Å². The van der Waals surface area contributed by atoms with E-state index in [9.17, 15) is 4.79 Å².